The number of benzene rings is 2. The Hall–Kier alpha value is -3.08. The standard InChI is InChI=1S/C19H16ClN5O2/c20-14-8-16-17(9-15(14)23-7-6-13(22)11-23)25(27)19(18(10-21)24(16)26)12-4-2-1-3-5-12/h1-5,8-9,13H,6-7,11,22H2/t13-/m0/s1. The normalized spacial score (nSPS) is 16.6. The van der Waals surface area contributed by atoms with E-state index in [2.05, 4.69) is 0 Å². The molecule has 0 aliphatic carbocycles. The Balaban J connectivity index is 2.01. The van der Waals surface area contributed by atoms with Crippen LogP contribution in [0.3, 0.4) is 0 Å². The Morgan fingerprint density at radius 2 is 1.85 bits per heavy atom. The second-order valence-corrected chi connectivity index (χ2v) is 6.96. The zero-order valence-corrected chi connectivity index (χ0v) is 15.1. The monoisotopic (exact) mass is 381 g/mol. The molecule has 0 amide bonds. The fourth-order valence-corrected chi connectivity index (χ4v) is 3.77. The second kappa shape index (κ2) is 6.58. The lowest BCUT2D eigenvalue weighted by atomic mass is 10.1. The van der Waals surface area contributed by atoms with Crippen LogP contribution >= 0.6 is 11.6 Å². The zero-order valence-electron chi connectivity index (χ0n) is 14.3. The number of nitrogens with two attached hydrogens (primary N) is 1. The number of aromatic nitrogens is 2. The predicted octanol–water partition coefficient (Wildman–Crippen LogP) is 1.84. The summed E-state index contributed by atoms with van der Waals surface area (Å²) in [4.78, 5) is 2.00. The van der Waals surface area contributed by atoms with Gasteiger partial charge in [-0.25, -0.2) is 0 Å². The van der Waals surface area contributed by atoms with Crippen LogP contribution < -0.4 is 20.1 Å². The van der Waals surface area contributed by atoms with Crippen LogP contribution in [0, 0.1) is 21.7 Å². The van der Waals surface area contributed by atoms with Crippen molar-refractivity contribution in [1.29, 1.82) is 5.26 Å². The Labute approximate surface area is 160 Å². The van der Waals surface area contributed by atoms with Crippen LogP contribution in [0.25, 0.3) is 22.3 Å². The summed E-state index contributed by atoms with van der Waals surface area (Å²) in [6.07, 6.45) is 0.829. The van der Waals surface area contributed by atoms with Gasteiger partial charge in [0.15, 0.2) is 6.07 Å². The lowest BCUT2D eigenvalue weighted by Gasteiger charge is -2.20. The Kier molecular flexibility index (Phi) is 4.22. The molecule has 0 unspecified atom stereocenters. The summed E-state index contributed by atoms with van der Waals surface area (Å²) in [5, 5.41) is 35.8. The highest BCUT2D eigenvalue weighted by Crippen LogP contribution is 2.32. The van der Waals surface area contributed by atoms with Crippen molar-refractivity contribution >= 4 is 28.3 Å². The molecule has 1 saturated heterocycles. The molecule has 1 aliphatic heterocycles. The van der Waals surface area contributed by atoms with Gasteiger partial charge in [-0.05, 0) is 18.6 Å². The average Bonchev–Trinajstić information content (AvgIpc) is 3.10. The van der Waals surface area contributed by atoms with Crippen LogP contribution in [-0.4, -0.2) is 19.1 Å². The predicted molar refractivity (Wildman–Crippen MR) is 102 cm³/mol. The first-order valence-electron chi connectivity index (χ1n) is 8.49. The molecule has 0 saturated carbocycles. The maximum absolute atomic E-state index is 13.1. The third-order valence-electron chi connectivity index (χ3n) is 4.83. The summed E-state index contributed by atoms with van der Waals surface area (Å²) in [6, 6.07) is 13.6. The molecule has 7 nitrogen and oxygen atoms in total. The number of rotatable bonds is 2. The van der Waals surface area contributed by atoms with Crippen molar-refractivity contribution in [2.45, 2.75) is 12.5 Å². The van der Waals surface area contributed by atoms with E-state index < -0.39 is 0 Å². The SMILES string of the molecule is N#Cc1c(-c2ccccc2)[n+]([O-])c2cc(N3CC[C@H](N)C3)c(Cl)cc2[n+]1[O-]. The summed E-state index contributed by atoms with van der Waals surface area (Å²) in [7, 11) is 0. The Bertz CT molecular complexity index is 1080. The van der Waals surface area contributed by atoms with Gasteiger partial charge >= 0.3 is 11.4 Å². The molecule has 1 aromatic heterocycles. The van der Waals surface area contributed by atoms with E-state index in [-0.39, 0.29) is 28.5 Å². The minimum Gasteiger partial charge on any atom is -0.617 e. The molecule has 0 radical (unpaired) electrons. The van der Waals surface area contributed by atoms with Crippen molar-refractivity contribution in [1.82, 2.24) is 0 Å². The molecule has 1 fully saturated rings. The molecule has 8 heteroatoms. The Morgan fingerprint density at radius 3 is 2.48 bits per heavy atom. The summed E-state index contributed by atoms with van der Waals surface area (Å²) in [6.45, 7) is 1.35. The van der Waals surface area contributed by atoms with Gasteiger partial charge < -0.3 is 21.0 Å². The van der Waals surface area contributed by atoms with Crippen molar-refractivity contribution < 1.29 is 9.46 Å². The first-order valence-corrected chi connectivity index (χ1v) is 8.87. The number of nitrogens with zero attached hydrogens (tertiary/aromatic N) is 4. The van der Waals surface area contributed by atoms with E-state index in [0.717, 1.165) is 13.0 Å². The summed E-state index contributed by atoms with van der Waals surface area (Å²) >= 11 is 6.38. The third kappa shape index (κ3) is 2.79. The van der Waals surface area contributed by atoms with Crippen molar-refractivity contribution in [2.24, 2.45) is 5.73 Å². The highest BCUT2D eigenvalue weighted by Gasteiger charge is 2.32. The van der Waals surface area contributed by atoms with Crippen LogP contribution in [0.2, 0.25) is 5.02 Å². The van der Waals surface area contributed by atoms with Crippen molar-refractivity contribution in [3.8, 4) is 17.3 Å². The molecule has 0 spiro atoms. The summed E-state index contributed by atoms with van der Waals surface area (Å²) < 4.78 is 1.10. The van der Waals surface area contributed by atoms with Gasteiger partial charge in [0, 0.05) is 31.3 Å². The average molecular weight is 382 g/mol. The highest BCUT2D eigenvalue weighted by atomic mass is 35.5. The number of fused-ring (bicyclic) bond motifs is 1. The number of hydrogen-bond acceptors (Lipinski definition) is 5. The molecule has 2 aromatic carbocycles. The number of hydrogen-bond donors (Lipinski definition) is 1. The molecule has 4 rings (SSSR count). The quantitative estimate of drug-likeness (QED) is 0.538. The van der Waals surface area contributed by atoms with Crippen molar-refractivity contribution in [2.75, 3.05) is 18.0 Å². The maximum atomic E-state index is 13.1. The van der Waals surface area contributed by atoms with Gasteiger partial charge in [0.05, 0.1) is 16.3 Å². The van der Waals surface area contributed by atoms with Crippen LogP contribution in [-0.2, 0) is 0 Å². The van der Waals surface area contributed by atoms with Crippen LogP contribution in [0.1, 0.15) is 12.1 Å². The number of anilines is 1. The lowest BCUT2D eigenvalue weighted by Crippen LogP contribution is -2.43. The van der Waals surface area contributed by atoms with Gasteiger partial charge in [-0.3, -0.25) is 0 Å². The van der Waals surface area contributed by atoms with E-state index in [1.54, 1.807) is 36.4 Å². The van der Waals surface area contributed by atoms with Crippen LogP contribution in [0.5, 0.6) is 0 Å². The first kappa shape index (κ1) is 17.3. The number of nitriles is 1. The molecule has 136 valence electrons. The van der Waals surface area contributed by atoms with E-state index >= 15 is 0 Å². The fraction of sp³-hybridized carbons (Fsp3) is 0.211. The maximum Gasteiger partial charge on any atom is 0.369 e. The molecule has 1 atom stereocenters. The molecular weight excluding hydrogens is 366 g/mol. The van der Waals surface area contributed by atoms with Crippen LogP contribution in [0.15, 0.2) is 42.5 Å². The van der Waals surface area contributed by atoms with Gasteiger partial charge in [-0.2, -0.15) is 9.99 Å². The first-order chi connectivity index (χ1) is 13.0. The van der Waals surface area contributed by atoms with Crippen molar-refractivity contribution in [3.05, 3.63) is 63.6 Å². The molecule has 3 aromatic rings. The molecule has 0 bridgehead atoms. The molecule has 1 aliphatic rings. The van der Waals surface area contributed by atoms with Gasteiger partial charge in [-0.15, -0.1) is 4.73 Å². The minimum absolute atomic E-state index is 0.0204. The topological polar surface area (TPSA) is 107 Å². The van der Waals surface area contributed by atoms with E-state index in [4.69, 9.17) is 17.3 Å². The molecule has 2 N–H and O–H groups in total. The second-order valence-electron chi connectivity index (χ2n) is 6.55. The van der Waals surface area contributed by atoms with Gasteiger partial charge in [-0.1, -0.05) is 29.8 Å². The molecule has 2 heterocycles. The summed E-state index contributed by atoms with van der Waals surface area (Å²) in [5.41, 5.74) is 7.09. The van der Waals surface area contributed by atoms with E-state index in [1.165, 1.54) is 6.07 Å². The van der Waals surface area contributed by atoms with E-state index in [0.29, 0.717) is 32.3 Å². The van der Waals surface area contributed by atoms with Gasteiger partial charge in [0.1, 0.15) is 0 Å². The van der Waals surface area contributed by atoms with Gasteiger partial charge in [0.25, 0.3) is 11.0 Å². The minimum atomic E-state index is -0.268. The Morgan fingerprint density at radius 1 is 1.15 bits per heavy atom. The molecular formula is C19H16ClN5O2. The lowest BCUT2D eigenvalue weighted by molar-refractivity contribution is -0.622. The highest BCUT2D eigenvalue weighted by molar-refractivity contribution is 6.34. The number of halogens is 1. The largest absolute Gasteiger partial charge is 0.617 e. The van der Waals surface area contributed by atoms with Crippen LogP contribution in [0.4, 0.5) is 5.69 Å². The third-order valence-corrected chi connectivity index (χ3v) is 5.13. The van der Waals surface area contributed by atoms with E-state index in [9.17, 15) is 15.7 Å². The fourth-order valence-electron chi connectivity index (χ4n) is 3.50. The summed E-state index contributed by atoms with van der Waals surface area (Å²) in [5.74, 6) is 0. The molecule has 27 heavy (non-hydrogen) atoms. The zero-order chi connectivity index (χ0) is 19.1. The smallest absolute Gasteiger partial charge is 0.369 e. The van der Waals surface area contributed by atoms with Crippen molar-refractivity contribution in [3.63, 3.8) is 0 Å². The van der Waals surface area contributed by atoms with E-state index in [1.807, 2.05) is 11.0 Å². The van der Waals surface area contributed by atoms with Gasteiger partial charge in [0.2, 0.25) is 0 Å².